The molecule has 2 aromatic rings. The zero-order valence-corrected chi connectivity index (χ0v) is 10.7. The monoisotopic (exact) mass is 243 g/mol. The van der Waals surface area contributed by atoms with E-state index in [2.05, 4.69) is 40.6 Å². The molecule has 0 amide bonds. The molecule has 0 spiro atoms. The van der Waals surface area contributed by atoms with Crippen LogP contribution in [-0.4, -0.2) is 10.1 Å². The van der Waals surface area contributed by atoms with Gasteiger partial charge >= 0.3 is 0 Å². The molecule has 0 fully saturated rings. The molecule has 1 N–H and O–H groups in total. The summed E-state index contributed by atoms with van der Waals surface area (Å²) < 4.78 is 4.97. The van der Waals surface area contributed by atoms with Crippen molar-refractivity contribution in [1.82, 2.24) is 15.5 Å². The number of aromatic nitrogens is 2. The third-order valence-corrected chi connectivity index (χ3v) is 3.46. The third-order valence-electron chi connectivity index (χ3n) is 3.46. The zero-order chi connectivity index (χ0) is 12.5. The number of nitrogens with one attached hydrogen (secondary N) is 1. The van der Waals surface area contributed by atoms with Crippen LogP contribution in [0.15, 0.2) is 22.7 Å². The topological polar surface area (TPSA) is 51.0 Å². The SMILES string of the molecule is Cc1ccc2c(c1)C(NCc1noc(C)n1)CC2. The van der Waals surface area contributed by atoms with Crippen LogP contribution in [0, 0.1) is 13.8 Å². The molecule has 0 bridgehead atoms. The highest BCUT2D eigenvalue weighted by atomic mass is 16.5. The van der Waals surface area contributed by atoms with Crippen LogP contribution in [0.1, 0.15) is 40.9 Å². The van der Waals surface area contributed by atoms with Gasteiger partial charge in [-0.3, -0.25) is 0 Å². The van der Waals surface area contributed by atoms with E-state index in [0.717, 1.165) is 18.7 Å². The fraction of sp³-hybridized carbons (Fsp3) is 0.429. The highest BCUT2D eigenvalue weighted by Gasteiger charge is 2.22. The average Bonchev–Trinajstić information content (AvgIpc) is 2.93. The Balaban J connectivity index is 1.71. The van der Waals surface area contributed by atoms with Gasteiger partial charge in [0.25, 0.3) is 0 Å². The lowest BCUT2D eigenvalue weighted by atomic mass is 10.1. The second-order valence-corrected chi connectivity index (χ2v) is 4.90. The summed E-state index contributed by atoms with van der Waals surface area (Å²) in [6, 6.07) is 7.12. The molecule has 1 aromatic heterocycles. The zero-order valence-electron chi connectivity index (χ0n) is 10.7. The van der Waals surface area contributed by atoms with Gasteiger partial charge in [0.1, 0.15) is 0 Å². The molecule has 0 saturated carbocycles. The largest absolute Gasteiger partial charge is 0.340 e. The van der Waals surface area contributed by atoms with Gasteiger partial charge in [0.15, 0.2) is 5.82 Å². The Morgan fingerprint density at radius 2 is 2.28 bits per heavy atom. The lowest BCUT2D eigenvalue weighted by Gasteiger charge is -2.12. The molecule has 4 heteroatoms. The van der Waals surface area contributed by atoms with Crippen LogP contribution >= 0.6 is 0 Å². The van der Waals surface area contributed by atoms with Crippen molar-refractivity contribution < 1.29 is 4.52 Å². The van der Waals surface area contributed by atoms with Crippen LogP contribution in [0.3, 0.4) is 0 Å². The lowest BCUT2D eigenvalue weighted by Crippen LogP contribution is -2.19. The first-order valence-corrected chi connectivity index (χ1v) is 6.34. The van der Waals surface area contributed by atoms with Crippen molar-refractivity contribution in [3.63, 3.8) is 0 Å². The van der Waals surface area contributed by atoms with Crippen LogP contribution in [0.2, 0.25) is 0 Å². The number of hydrogen-bond acceptors (Lipinski definition) is 4. The van der Waals surface area contributed by atoms with Gasteiger partial charge in [-0.1, -0.05) is 28.9 Å². The molecule has 0 saturated heterocycles. The minimum Gasteiger partial charge on any atom is -0.340 e. The molecular weight excluding hydrogens is 226 g/mol. The van der Waals surface area contributed by atoms with Crippen LogP contribution in [0.4, 0.5) is 0 Å². The van der Waals surface area contributed by atoms with Crippen molar-refractivity contribution in [2.75, 3.05) is 0 Å². The maximum Gasteiger partial charge on any atom is 0.223 e. The fourth-order valence-electron chi connectivity index (χ4n) is 2.56. The Morgan fingerprint density at radius 1 is 1.39 bits per heavy atom. The molecular formula is C14H17N3O. The Kier molecular flexibility index (Phi) is 2.88. The molecule has 3 rings (SSSR count). The van der Waals surface area contributed by atoms with Crippen molar-refractivity contribution in [3.05, 3.63) is 46.6 Å². The summed E-state index contributed by atoms with van der Waals surface area (Å²) in [5, 5.41) is 7.41. The Hall–Kier alpha value is -1.68. The number of benzene rings is 1. The van der Waals surface area contributed by atoms with Gasteiger partial charge in [-0.25, -0.2) is 0 Å². The molecule has 0 aliphatic heterocycles. The summed E-state index contributed by atoms with van der Waals surface area (Å²) in [6.45, 7) is 4.61. The first kappa shape index (κ1) is 11.4. The van der Waals surface area contributed by atoms with Crippen LogP contribution in [-0.2, 0) is 13.0 Å². The smallest absolute Gasteiger partial charge is 0.223 e. The molecule has 18 heavy (non-hydrogen) atoms. The van der Waals surface area contributed by atoms with Crippen molar-refractivity contribution in [2.45, 2.75) is 39.3 Å². The molecule has 4 nitrogen and oxygen atoms in total. The first-order chi connectivity index (χ1) is 8.72. The second-order valence-electron chi connectivity index (χ2n) is 4.90. The number of aryl methyl sites for hydroxylation is 3. The number of hydrogen-bond donors (Lipinski definition) is 1. The van der Waals surface area contributed by atoms with E-state index in [9.17, 15) is 0 Å². The molecule has 1 aliphatic rings. The number of rotatable bonds is 3. The molecule has 0 radical (unpaired) electrons. The summed E-state index contributed by atoms with van der Waals surface area (Å²) in [7, 11) is 0. The van der Waals surface area contributed by atoms with E-state index in [1.54, 1.807) is 0 Å². The van der Waals surface area contributed by atoms with Gasteiger partial charge in [0.05, 0.1) is 6.54 Å². The number of fused-ring (bicyclic) bond motifs is 1. The Labute approximate surface area is 106 Å². The van der Waals surface area contributed by atoms with Crippen molar-refractivity contribution >= 4 is 0 Å². The summed E-state index contributed by atoms with van der Waals surface area (Å²) >= 11 is 0. The maximum absolute atomic E-state index is 4.97. The van der Waals surface area contributed by atoms with E-state index in [0.29, 0.717) is 18.5 Å². The van der Waals surface area contributed by atoms with E-state index in [1.807, 2.05) is 6.92 Å². The van der Waals surface area contributed by atoms with Gasteiger partial charge in [0.2, 0.25) is 5.89 Å². The summed E-state index contributed by atoms with van der Waals surface area (Å²) in [4.78, 5) is 4.20. The first-order valence-electron chi connectivity index (χ1n) is 6.34. The second kappa shape index (κ2) is 4.53. The fourth-order valence-corrected chi connectivity index (χ4v) is 2.56. The van der Waals surface area contributed by atoms with E-state index in [-0.39, 0.29) is 0 Å². The molecule has 1 heterocycles. The molecule has 1 unspecified atom stereocenters. The third kappa shape index (κ3) is 2.16. The van der Waals surface area contributed by atoms with Gasteiger partial charge < -0.3 is 9.84 Å². The summed E-state index contributed by atoms with van der Waals surface area (Å²) in [5.74, 6) is 1.35. The van der Waals surface area contributed by atoms with Gasteiger partial charge in [0, 0.05) is 13.0 Å². The average molecular weight is 243 g/mol. The molecule has 1 aromatic carbocycles. The lowest BCUT2D eigenvalue weighted by molar-refractivity contribution is 0.383. The highest BCUT2D eigenvalue weighted by Crippen LogP contribution is 2.31. The van der Waals surface area contributed by atoms with Crippen LogP contribution < -0.4 is 5.32 Å². The van der Waals surface area contributed by atoms with Gasteiger partial charge in [-0.05, 0) is 30.9 Å². The van der Waals surface area contributed by atoms with Crippen molar-refractivity contribution in [3.8, 4) is 0 Å². The van der Waals surface area contributed by atoms with Crippen LogP contribution in [0.5, 0.6) is 0 Å². The predicted molar refractivity (Wildman–Crippen MR) is 68.1 cm³/mol. The quantitative estimate of drug-likeness (QED) is 0.899. The molecule has 94 valence electrons. The van der Waals surface area contributed by atoms with Gasteiger partial charge in [-0.2, -0.15) is 4.98 Å². The minimum atomic E-state index is 0.415. The van der Waals surface area contributed by atoms with Crippen molar-refractivity contribution in [1.29, 1.82) is 0 Å². The van der Waals surface area contributed by atoms with E-state index >= 15 is 0 Å². The Morgan fingerprint density at radius 3 is 3.06 bits per heavy atom. The van der Waals surface area contributed by atoms with Crippen LogP contribution in [0.25, 0.3) is 0 Å². The summed E-state index contributed by atoms with van der Waals surface area (Å²) in [6.07, 6.45) is 2.30. The summed E-state index contributed by atoms with van der Waals surface area (Å²) in [5.41, 5.74) is 4.20. The van der Waals surface area contributed by atoms with E-state index < -0.39 is 0 Å². The Bertz CT molecular complexity index is 562. The standard InChI is InChI=1S/C14H17N3O/c1-9-3-4-11-5-6-13(12(11)7-9)15-8-14-16-10(2)18-17-14/h3-4,7,13,15H,5-6,8H2,1-2H3. The maximum atomic E-state index is 4.97. The van der Waals surface area contributed by atoms with Gasteiger partial charge in [-0.15, -0.1) is 0 Å². The van der Waals surface area contributed by atoms with E-state index in [1.165, 1.54) is 16.7 Å². The molecule has 1 atom stereocenters. The normalized spacial score (nSPS) is 18.0. The minimum absolute atomic E-state index is 0.415. The van der Waals surface area contributed by atoms with Crippen molar-refractivity contribution in [2.24, 2.45) is 0 Å². The predicted octanol–water partition coefficient (Wildman–Crippen LogP) is 2.46. The molecule has 1 aliphatic carbocycles. The highest BCUT2D eigenvalue weighted by molar-refractivity contribution is 5.37. The number of nitrogens with zero attached hydrogens (tertiary/aromatic N) is 2. The van der Waals surface area contributed by atoms with E-state index in [4.69, 9.17) is 4.52 Å².